The maximum Gasteiger partial charge on any atom is 0.0575 e. The Morgan fingerprint density at radius 3 is 2.44 bits per heavy atom. The molecule has 0 amide bonds. The lowest BCUT2D eigenvalue weighted by atomic mass is 9.76. The van der Waals surface area contributed by atoms with E-state index in [2.05, 4.69) is 33.0 Å². The van der Waals surface area contributed by atoms with Gasteiger partial charge in [0.25, 0.3) is 0 Å². The average molecular weight is 255 g/mol. The number of nitrogens with one attached hydrogen (secondary N) is 1. The molecule has 1 N–H and O–H groups in total. The molecule has 1 atom stereocenters. The fourth-order valence-corrected chi connectivity index (χ4v) is 2.86. The summed E-state index contributed by atoms with van der Waals surface area (Å²) in [6, 6.07) is 0.684. The second kappa shape index (κ2) is 8.16. The normalized spacial score (nSPS) is 22.0. The van der Waals surface area contributed by atoms with Gasteiger partial charge in [-0.05, 0) is 56.9 Å². The van der Waals surface area contributed by atoms with E-state index in [0.717, 1.165) is 13.2 Å². The van der Waals surface area contributed by atoms with Gasteiger partial charge in [0.15, 0.2) is 0 Å². The molecule has 1 aliphatic carbocycles. The molecule has 108 valence electrons. The first kappa shape index (κ1) is 16.0. The van der Waals surface area contributed by atoms with Crippen LogP contribution in [-0.4, -0.2) is 25.3 Å². The molecular formula is C16H33NO. The molecule has 1 aliphatic rings. The first-order valence-electron chi connectivity index (χ1n) is 7.92. The summed E-state index contributed by atoms with van der Waals surface area (Å²) in [4.78, 5) is 0. The summed E-state index contributed by atoms with van der Waals surface area (Å²) in [5.41, 5.74) is 0.554. The highest BCUT2D eigenvalue weighted by Crippen LogP contribution is 2.36. The standard InChI is InChI=1S/C16H33NO/c1-5-14(17-6-2)8-7-13-18-15-9-11-16(3,4)12-10-15/h14-15,17H,5-13H2,1-4H3. The van der Waals surface area contributed by atoms with Crippen LogP contribution in [0.25, 0.3) is 0 Å². The Balaban J connectivity index is 2.04. The third kappa shape index (κ3) is 6.19. The first-order chi connectivity index (χ1) is 8.57. The Morgan fingerprint density at radius 1 is 1.22 bits per heavy atom. The third-order valence-corrected chi connectivity index (χ3v) is 4.32. The van der Waals surface area contributed by atoms with Crippen LogP contribution in [0.15, 0.2) is 0 Å². The van der Waals surface area contributed by atoms with Crippen LogP contribution in [0.1, 0.15) is 72.6 Å². The molecule has 0 aromatic carbocycles. The highest BCUT2D eigenvalue weighted by atomic mass is 16.5. The fourth-order valence-electron chi connectivity index (χ4n) is 2.86. The van der Waals surface area contributed by atoms with Crippen LogP contribution in [0, 0.1) is 5.41 Å². The van der Waals surface area contributed by atoms with Gasteiger partial charge in [-0.25, -0.2) is 0 Å². The Bertz CT molecular complexity index is 205. The van der Waals surface area contributed by atoms with Crippen LogP contribution in [-0.2, 0) is 4.74 Å². The molecule has 0 aromatic heterocycles. The Morgan fingerprint density at radius 2 is 1.89 bits per heavy atom. The molecule has 0 heterocycles. The number of ether oxygens (including phenoxy) is 1. The van der Waals surface area contributed by atoms with Gasteiger partial charge < -0.3 is 10.1 Å². The summed E-state index contributed by atoms with van der Waals surface area (Å²) in [7, 11) is 0. The second-order valence-electron chi connectivity index (χ2n) is 6.54. The van der Waals surface area contributed by atoms with Gasteiger partial charge >= 0.3 is 0 Å². The van der Waals surface area contributed by atoms with E-state index in [1.807, 2.05) is 0 Å². The number of hydrogen-bond acceptors (Lipinski definition) is 2. The van der Waals surface area contributed by atoms with Crippen molar-refractivity contribution < 1.29 is 4.74 Å². The van der Waals surface area contributed by atoms with Crippen molar-refractivity contribution in [3.63, 3.8) is 0 Å². The van der Waals surface area contributed by atoms with Gasteiger partial charge in [-0.2, -0.15) is 0 Å². The summed E-state index contributed by atoms with van der Waals surface area (Å²) in [6.45, 7) is 11.2. The van der Waals surface area contributed by atoms with Crippen LogP contribution < -0.4 is 5.32 Å². The molecule has 1 saturated carbocycles. The molecule has 2 heteroatoms. The van der Waals surface area contributed by atoms with Gasteiger partial charge in [0.1, 0.15) is 0 Å². The summed E-state index contributed by atoms with van der Waals surface area (Å²) in [5.74, 6) is 0. The second-order valence-corrected chi connectivity index (χ2v) is 6.54. The van der Waals surface area contributed by atoms with Crippen molar-refractivity contribution in [1.29, 1.82) is 0 Å². The van der Waals surface area contributed by atoms with Crippen molar-refractivity contribution in [3.8, 4) is 0 Å². The van der Waals surface area contributed by atoms with Gasteiger partial charge in [-0.1, -0.05) is 27.7 Å². The third-order valence-electron chi connectivity index (χ3n) is 4.32. The monoisotopic (exact) mass is 255 g/mol. The van der Waals surface area contributed by atoms with Gasteiger partial charge in [-0.3, -0.25) is 0 Å². The zero-order chi connectivity index (χ0) is 13.4. The molecule has 1 rings (SSSR count). The Kier molecular flexibility index (Phi) is 7.25. The molecule has 2 nitrogen and oxygen atoms in total. The smallest absolute Gasteiger partial charge is 0.0575 e. The predicted molar refractivity (Wildman–Crippen MR) is 79.0 cm³/mol. The topological polar surface area (TPSA) is 21.3 Å². The van der Waals surface area contributed by atoms with E-state index >= 15 is 0 Å². The fraction of sp³-hybridized carbons (Fsp3) is 1.00. The van der Waals surface area contributed by atoms with Gasteiger partial charge in [-0.15, -0.1) is 0 Å². The van der Waals surface area contributed by atoms with E-state index < -0.39 is 0 Å². The Labute approximate surface area is 114 Å². The van der Waals surface area contributed by atoms with Crippen LogP contribution in [0.2, 0.25) is 0 Å². The van der Waals surface area contributed by atoms with Crippen molar-refractivity contribution in [1.82, 2.24) is 5.32 Å². The molecular weight excluding hydrogens is 222 g/mol. The van der Waals surface area contributed by atoms with Crippen molar-refractivity contribution in [3.05, 3.63) is 0 Å². The van der Waals surface area contributed by atoms with E-state index in [0.29, 0.717) is 17.6 Å². The minimum atomic E-state index is 0.539. The first-order valence-corrected chi connectivity index (χ1v) is 7.92. The maximum atomic E-state index is 6.02. The van der Waals surface area contributed by atoms with E-state index in [-0.39, 0.29) is 0 Å². The number of rotatable bonds is 8. The van der Waals surface area contributed by atoms with Gasteiger partial charge in [0.05, 0.1) is 6.10 Å². The summed E-state index contributed by atoms with van der Waals surface area (Å²) in [6.07, 6.45) is 9.39. The molecule has 1 unspecified atom stereocenters. The average Bonchev–Trinajstić information content (AvgIpc) is 2.35. The maximum absolute atomic E-state index is 6.02. The van der Waals surface area contributed by atoms with Crippen LogP contribution in [0.4, 0.5) is 0 Å². The zero-order valence-electron chi connectivity index (χ0n) is 12.9. The molecule has 0 aromatic rings. The van der Waals surface area contributed by atoms with E-state index in [4.69, 9.17) is 4.74 Å². The van der Waals surface area contributed by atoms with Crippen LogP contribution in [0.5, 0.6) is 0 Å². The van der Waals surface area contributed by atoms with E-state index in [1.165, 1.54) is 44.9 Å². The lowest BCUT2D eigenvalue weighted by Gasteiger charge is -2.34. The molecule has 0 saturated heterocycles. The largest absolute Gasteiger partial charge is 0.378 e. The van der Waals surface area contributed by atoms with Gasteiger partial charge in [0, 0.05) is 12.6 Å². The molecule has 18 heavy (non-hydrogen) atoms. The molecule has 0 spiro atoms. The zero-order valence-corrected chi connectivity index (χ0v) is 12.9. The minimum Gasteiger partial charge on any atom is -0.378 e. The van der Waals surface area contributed by atoms with Crippen LogP contribution >= 0.6 is 0 Å². The quantitative estimate of drug-likeness (QED) is 0.658. The van der Waals surface area contributed by atoms with E-state index in [9.17, 15) is 0 Å². The molecule has 1 fully saturated rings. The molecule has 0 radical (unpaired) electrons. The summed E-state index contributed by atoms with van der Waals surface area (Å²) < 4.78 is 6.02. The van der Waals surface area contributed by atoms with Crippen molar-refractivity contribution in [2.45, 2.75) is 84.8 Å². The van der Waals surface area contributed by atoms with Crippen LogP contribution in [0.3, 0.4) is 0 Å². The van der Waals surface area contributed by atoms with Crippen molar-refractivity contribution >= 4 is 0 Å². The molecule has 0 aliphatic heterocycles. The highest BCUT2D eigenvalue weighted by Gasteiger charge is 2.26. The molecule has 0 bridgehead atoms. The van der Waals surface area contributed by atoms with E-state index in [1.54, 1.807) is 0 Å². The number of hydrogen-bond donors (Lipinski definition) is 1. The lowest BCUT2D eigenvalue weighted by Crippen LogP contribution is -2.29. The minimum absolute atomic E-state index is 0.539. The Hall–Kier alpha value is -0.0800. The summed E-state index contributed by atoms with van der Waals surface area (Å²) >= 11 is 0. The summed E-state index contributed by atoms with van der Waals surface area (Å²) in [5, 5.41) is 3.53. The van der Waals surface area contributed by atoms with Crippen molar-refractivity contribution in [2.24, 2.45) is 5.41 Å². The van der Waals surface area contributed by atoms with Gasteiger partial charge in [0.2, 0.25) is 0 Å². The lowest BCUT2D eigenvalue weighted by molar-refractivity contribution is 0.00218. The predicted octanol–water partition coefficient (Wildman–Crippen LogP) is 4.14. The highest BCUT2D eigenvalue weighted by molar-refractivity contribution is 4.78. The SMILES string of the molecule is CCNC(CC)CCCOC1CCC(C)(C)CC1. The van der Waals surface area contributed by atoms with Crippen molar-refractivity contribution in [2.75, 3.05) is 13.2 Å².